The van der Waals surface area contributed by atoms with E-state index in [2.05, 4.69) is 15.6 Å². The van der Waals surface area contributed by atoms with Crippen LogP contribution in [0.1, 0.15) is 18.5 Å². The Hall–Kier alpha value is -3.09. The van der Waals surface area contributed by atoms with Crippen LogP contribution in [0.2, 0.25) is 0 Å². The molecule has 0 radical (unpaired) electrons. The molecule has 0 saturated heterocycles. The Labute approximate surface area is 139 Å². The highest BCUT2D eigenvalue weighted by Gasteiger charge is 2.33. The topological polar surface area (TPSA) is 85.2 Å². The highest BCUT2D eigenvalue weighted by molar-refractivity contribution is 5.95. The Balaban J connectivity index is 2.05. The maximum atomic E-state index is 12.5. The summed E-state index contributed by atoms with van der Waals surface area (Å²) in [7, 11) is 0. The number of ether oxygens (including phenoxy) is 1. The van der Waals surface area contributed by atoms with Crippen LogP contribution in [0.15, 0.2) is 60.3 Å². The third-order valence-electron chi connectivity index (χ3n) is 3.68. The van der Waals surface area contributed by atoms with E-state index in [1.165, 1.54) is 0 Å². The van der Waals surface area contributed by atoms with Crippen LogP contribution in [0.5, 0.6) is 0 Å². The maximum absolute atomic E-state index is 12.5. The fourth-order valence-corrected chi connectivity index (χ4v) is 2.65. The third kappa shape index (κ3) is 3.29. The van der Waals surface area contributed by atoms with Crippen molar-refractivity contribution in [3.05, 3.63) is 65.9 Å². The molecular formula is C17H18N4O3. The van der Waals surface area contributed by atoms with Gasteiger partial charge in [-0.1, -0.05) is 30.3 Å². The van der Waals surface area contributed by atoms with Crippen molar-refractivity contribution in [2.75, 3.05) is 6.61 Å². The molecule has 7 heteroatoms. The number of imidazole rings is 1. The second kappa shape index (κ2) is 6.99. The molecule has 7 nitrogen and oxygen atoms in total. The number of carbonyl (C=O) groups is 2. The van der Waals surface area contributed by atoms with Crippen LogP contribution in [-0.2, 0) is 16.1 Å². The van der Waals surface area contributed by atoms with Crippen LogP contribution in [0.25, 0.3) is 0 Å². The van der Waals surface area contributed by atoms with Gasteiger partial charge in [-0.15, -0.1) is 0 Å². The second-order valence-corrected chi connectivity index (χ2v) is 5.29. The number of benzene rings is 1. The molecule has 1 aliphatic rings. The van der Waals surface area contributed by atoms with Crippen molar-refractivity contribution in [3.63, 3.8) is 0 Å². The molecule has 1 aromatic carbocycles. The number of urea groups is 1. The molecule has 1 aromatic heterocycles. The lowest BCUT2D eigenvalue weighted by Gasteiger charge is -2.29. The summed E-state index contributed by atoms with van der Waals surface area (Å²) in [4.78, 5) is 28.6. The number of rotatable bonds is 5. The van der Waals surface area contributed by atoms with Crippen molar-refractivity contribution in [1.29, 1.82) is 0 Å². The van der Waals surface area contributed by atoms with Gasteiger partial charge in [0.25, 0.3) is 0 Å². The predicted molar refractivity (Wildman–Crippen MR) is 86.7 cm³/mol. The van der Waals surface area contributed by atoms with Gasteiger partial charge in [-0.3, -0.25) is 0 Å². The van der Waals surface area contributed by atoms with E-state index in [0.717, 1.165) is 5.56 Å². The first-order valence-electron chi connectivity index (χ1n) is 7.67. The molecule has 0 spiro atoms. The van der Waals surface area contributed by atoms with Gasteiger partial charge in [-0.05, 0) is 12.5 Å². The summed E-state index contributed by atoms with van der Waals surface area (Å²) >= 11 is 0. The van der Waals surface area contributed by atoms with E-state index in [9.17, 15) is 9.59 Å². The fraction of sp³-hybridized carbons (Fsp3) is 0.235. The second-order valence-electron chi connectivity index (χ2n) is 5.29. The van der Waals surface area contributed by atoms with Crippen LogP contribution in [-0.4, -0.2) is 28.2 Å². The van der Waals surface area contributed by atoms with E-state index in [0.29, 0.717) is 17.8 Å². The number of esters is 1. The van der Waals surface area contributed by atoms with Gasteiger partial charge in [0, 0.05) is 12.4 Å². The SMILES string of the molecule is CCOC(=O)C1=C(Cn2ccnc2)NC(=O)N[C@@H]1c1ccccc1. The van der Waals surface area contributed by atoms with Gasteiger partial charge in [-0.2, -0.15) is 0 Å². The molecule has 1 atom stereocenters. The Bertz CT molecular complexity index is 753. The number of allylic oxidation sites excluding steroid dienone is 1. The van der Waals surface area contributed by atoms with Crippen molar-refractivity contribution in [2.24, 2.45) is 0 Å². The molecule has 0 bridgehead atoms. The van der Waals surface area contributed by atoms with Crippen molar-refractivity contribution < 1.29 is 14.3 Å². The summed E-state index contributed by atoms with van der Waals surface area (Å²) < 4.78 is 6.98. The molecule has 2 heterocycles. The van der Waals surface area contributed by atoms with E-state index >= 15 is 0 Å². The van der Waals surface area contributed by atoms with Crippen LogP contribution in [0.4, 0.5) is 4.79 Å². The van der Waals surface area contributed by atoms with Gasteiger partial charge < -0.3 is 19.9 Å². The summed E-state index contributed by atoms with van der Waals surface area (Å²) in [5, 5.41) is 5.52. The number of carbonyl (C=O) groups excluding carboxylic acids is 2. The van der Waals surface area contributed by atoms with E-state index in [-0.39, 0.29) is 12.6 Å². The number of hydrogen-bond acceptors (Lipinski definition) is 4. The molecule has 24 heavy (non-hydrogen) atoms. The molecule has 2 amide bonds. The van der Waals surface area contributed by atoms with Crippen molar-refractivity contribution in [1.82, 2.24) is 20.2 Å². The quantitative estimate of drug-likeness (QED) is 0.820. The van der Waals surface area contributed by atoms with Gasteiger partial charge in [0.05, 0.1) is 36.8 Å². The van der Waals surface area contributed by atoms with Crippen LogP contribution >= 0.6 is 0 Å². The zero-order valence-electron chi connectivity index (χ0n) is 13.2. The first kappa shape index (κ1) is 15.8. The summed E-state index contributed by atoms with van der Waals surface area (Å²) in [6, 6.07) is 8.43. The zero-order chi connectivity index (χ0) is 16.9. The Morgan fingerprint density at radius 2 is 2.12 bits per heavy atom. The van der Waals surface area contributed by atoms with Crippen molar-refractivity contribution >= 4 is 12.0 Å². The summed E-state index contributed by atoms with van der Waals surface area (Å²) in [5.74, 6) is -0.450. The lowest BCUT2D eigenvalue weighted by atomic mass is 9.95. The number of nitrogens with zero attached hydrogens (tertiary/aromatic N) is 2. The minimum atomic E-state index is -0.558. The fourth-order valence-electron chi connectivity index (χ4n) is 2.65. The largest absolute Gasteiger partial charge is 0.463 e. The van der Waals surface area contributed by atoms with Gasteiger partial charge in [-0.25, -0.2) is 14.6 Å². The molecule has 124 valence electrons. The molecule has 1 aliphatic heterocycles. The lowest BCUT2D eigenvalue weighted by molar-refractivity contribution is -0.139. The summed E-state index contributed by atoms with van der Waals surface area (Å²) in [5.41, 5.74) is 1.72. The normalized spacial score (nSPS) is 17.2. The van der Waals surface area contributed by atoms with E-state index in [4.69, 9.17) is 4.74 Å². The van der Waals surface area contributed by atoms with Crippen molar-refractivity contribution in [2.45, 2.75) is 19.5 Å². The molecule has 2 N–H and O–H groups in total. The third-order valence-corrected chi connectivity index (χ3v) is 3.68. The van der Waals surface area contributed by atoms with E-state index < -0.39 is 12.0 Å². The van der Waals surface area contributed by atoms with Crippen LogP contribution < -0.4 is 10.6 Å². The number of aromatic nitrogens is 2. The maximum Gasteiger partial charge on any atom is 0.338 e. The lowest BCUT2D eigenvalue weighted by Crippen LogP contribution is -2.46. The predicted octanol–water partition coefficient (Wildman–Crippen LogP) is 1.75. The highest BCUT2D eigenvalue weighted by Crippen LogP contribution is 2.28. The molecular weight excluding hydrogens is 308 g/mol. The summed E-state index contributed by atoms with van der Waals surface area (Å²) in [6.07, 6.45) is 5.03. The van der Waals surface area contributed by atoms with E-state index in [1.54, 1.807) is 30.2 Å². The van der Waals surface area contributed by atoms with Gasteiger partial charge in [0.2, 0.25) is 0 Å². The number of nitrogens with one attached hydrogen (secondary N) is 2. The smallest absolute Gasteiger partial charge is 0.338 e. The monoisotopic (exact) mass is 326 g/mol. The Morgan fingerprint density at radius 1 is 1.33 bits per heavy atom. The van der Waals surface area contributed by atoms with Crippen LogP contribution in [0.3, 0.4) is 0 Å². The Kier molecular flexibility index (Phi) is 4.60. The van der Waals surface area contributed by atoms with Crippen LogP contribution in [0, 0.1) is 0 Å². The Morgan fingerprint density at radius 3 is 2.79 bits per heavy atom. The average molecular weight is 326 g/mol. The highest BCUT2D eigenvalue weighted by atomic mass is 16.5. The number of amides is 2. The standard InChI is InChI=1S/C17H18N4O3/c1-2-24-16(22)14-13(10-21-9-8-18-11-21)19-17(23)20-15(14)12-6-4-3-5-7-12/h3-9,11,15H,2,10H2,1H3,(H2,19,20,23)/t15-/m1/s1. The first-order chi connectivity index (χ1) is 11.7. The van der Waals surface area contributed by atoms with E-state index in [1.807, 2.05) is 30.3 Å². The first-order valence-corrected chi connectivity index (χ1v) is 7.67. The molecule has 2 aromatic rings. The van der Waals surface area contributed by atoms with Crippen molar-refractivity contribution in [3.8, 4) is 0 Å². The molecule has 0 saturated carbocycles. The minimum absolute atomic E-state index is 0.260. The zero-order valence-corrected chi connectivity index (χ0v) is 13.2. The number of hydrogen-bond donors (Lipinski definition) is 2. The molecule has 0 fully saturated rings. The van der Waals surface area contributed by atoms with Gasteiger partial charge in [0.15, 0.2) is 0 Å². The van der Waals surface area contributed by atoms with Gasteiger partial charge in [0.1, 0.15) is 0 Å². The molecule has 0 aliphatic carbocycles. The minimum Gasteiger partial charge on any atom is -0.463 e. The molecule has 3 rings (SSSR count). The van der Waals surface area contributed by atoms with Gasteiger partial charge >= 0.3 is 12.0 Å². The summed E-state index contributed by atoms with van der Waals surface area (Å²) in [6.45, 7) is 2.33. The average Bonchev–Trinajstić information content (AvgIpc) is 3.08. The molecule has 0 unspecified atom stereocenters.